The molecule has 3 aliphatic carbocycles. The van der Waals surface area contributed by atoms with E-state index >= 15 is 0 Å². The number of nitrogens with zero attached hydrogens (tertiary/aromatic N) is 1. The maximum Gasteiger partial charge on any atom is 0.524 e. The number of phosphoric acid groups is 1. The standard InChI is InChI=1S/C27H38NO8P/c1-3-5-16-14-17-15-18(36-37(32,33)34)7-8-19(17)20-11-12-27(2)21(24(16)20)9-10-23(27)35-26(31)28-13-4-6-22(28)25(29)30/h7-8,15-16,20-24H,3-6,9-14H2,1-2H3,(H,29,30)(H2,32,33,34)/t16-,20-,21+,22+,23+,24-,27+/m1/s1. The first-order chi connectivity index (χ1) is 17.5. The van der Waals surface area contributed by atoms with Crippen LogP contribution in [0.25, 0.3) is 0 Å². The number of ether oxygens (including phenoxy) is 1. The van der Waals surface area contributed by atoms with Crippen LogP contribution in [0.2, 0.25) is 0 Å². The average Bonchev–Trinajstić information content (AvgIpc) is 3.43. The van der Waals surface area contributed by atoms with Crippen molar-refractivity contribution in [1.29, 1.82) is 0 Å². The Balaban J connectivity index is 1.38. The molecule has 1 amide bonds. The van der Waals surface area contributed by atoms with E-state index in [1.165, 1.54) is 10.5 Å². The van der Waals surface area contributed by atoms with Crippen LogP contribution in [0.3, 0.4) is 0 Å². The van der Waals surface area contributed by atoms with Gasteiger partial charge in [-0.1, -0.05) is 32.8 Å². The first-order valence-corrected chi connectivity index (χ1v) is 15.1. The molecule has 2 saturated carbocycles. The highest BCUT2D eigenvalue weighted by Gasteiger charge is 2.58. The van der Waals surface area contributed by atoms with Crippen molar-refractivity contribution in [3.8, 4) is 5.75 Å². The SMILES string of the molecule is CCC[C@@H]1Cc2cc(OP(=O)(O)O)ccc2[C@H]2CC[C@]3(C)[C@@H](OC(=O)N4CCC[C@H]4C(=O)O)CC[C@H]3[C@H]12. The number of benzene rings is 1. The highest BCUT2D eigenvalue weighted by Crippen LogP contribution is 2.63. The predicted molar refractivity (Wildman–Crippen MR) is 135 cm³/mol. The van der Waals surface area contributed by atoms with Gasteiger partial charge in [-0.2, -0.15) is 0 Å². The van der Waals surface area contributed by atoms with Crippen LogP contribution in [0.4, 0.5) is 4.79 Å². The largest absolute Gasteiger partial charge is 0.524 e. The Hall–Kier alpha value is -2.09. The van der Waals surface area contributed by atoms with Gasteiger partial charge in [0.05, 0.1) is 0 Å². The number of aliphatic carboxylic acids is 1. The molecule has 1 aromatic rings. The molecule has 10 heteroatoms. The van der Waals surface area contributed by atoms with Crippen LogP contribution in [-0.2, 0) is 20.5 Å². The molecular formula is C27H38NO8P. The van der Waals surface area contributed by atoms with Crippen molar-refractivity contribution < 1.29 is 38.3 Å². The quantitative estimate of drug-likeness (QED) is 0.429. The highest BCUT2D eigenvalue weighted by molar-refractivity contribution is 7.46. The van der Waals surface area contributed by atoms with Crippen LogP contribution >= 0.6 is 7.82 Å². The second kappa shape index (κ2) is 9.90. The number of hydrogen-bond donors (Lipinski definition) is 3. The zero-order valence-corrected chi connectivity index (χ0v) is 22.4. The normalized spacial score (nSPS) is 34.9. The molecule has 0 spiro atoms. The molecule has 1 saturated heterocycles. The third-order valence-corrected chi connectivity index (χ3v) is 10.1. The van der Waals surface area contributed by atoms with Crippen molar-refractivity contribution in [2.24, 2.45) is 23.2 Å². The van der Waals surface area contributed by atoms with Gasteiger partial charge in [0.1, 0.15) is 17.9 Å². The zero-order valence-electron chi connectivity index (χ0n) is 21.5. The molecule has 37 heavy (non-hydrogen) atoms. The smallest absolute Gasteiger partial charge is 0.480 e. The summed E-state index contributed by atoms with van der Waals surface area (Å²) in [6, 6.07) is 4.65. The monoisotopic (exact) mass is 535 g/mol. The molecule has 4 aliphatic rings. The van der Waals surface area contributed by atoms with Gasteiger partial charge >= 0.3 is 19.9 Å². The average molecular weight is 536 g/mol. The van der Waals surface area contributed by atoms with Crippen LogP contribution < -0.4 is 4.52 Å². The van der Waals surface area contributed by atoms with Crippen LogP contribution in [0.5, 0.6) is 5.75 Å². The van der Waals surface area contributed by atoms with E-state index in [4.69, 9.17) is 9.26 Å². The van der Waals surface area contributed by atoms with Gasteiger partial charge < -0.3 is 14.4 Å². The van der Waals surface area contributed by atoms with Gasteiger partial charge in [0.25, 0.3) is 0 Å². The molecule has 5 rings (SSSR count). The summed E-state index contributed by atoms with van der Waals surface area (Å²) in [5.41, 5.74) is 2.21. The number of amides is 1. The number of carbonyl (C=O) groups excluding carboxylic acids is 1. The Morgan fingerprint density at radius 3 is 2.68 bits per heavy atom. The fourth-order valence-electron chi connectivity index (χ4n) is 8.19. The first-order valence-electron chi connectivity index (χ1n) is 13.6. The lowest BCUT2D eigenvalue weighted by Crippen LogP contribution is -2.49. The lowest BCUT2D eigenvalue weighted by molar-refractivity contribution is -0.142. The van der Waals surface area contributed by atoms with E-state index in [1.54, 1.807) is 12.1 Å². The van der Waals surface area contributed by atoms with Gasteiger partial charge in [0.2, 0.25) is 0 Å². The predicted octanol–water partition coefficient (Wildman–Crippen LogP) is 5.09. The topological polar surface area (TPSA) is 134 Å². The maximum absolute atomic E-state index is 13.0. The van der Waals surface area contributed by atoms with Crippen LogP contribution in [0.15, 0.2) is 18.2 Å². The number of likely N-dealkylation sites (tertiary alicyclic amines) is 1. The van der Waals surface area contributed by atoms with E-state index in [-0.39, 0.29) is 17.3 Å². The van der Waals surface area contributed by atoms with Gasteiger partial charge in [0, 0.05) is 12.0 Å². The lowest BCUT2D eigenvalue weighted by Gasteiger charge is -2.53. The van der Waals surface area contributed by atoms with Crippen LogP contribution in [0, 0.1) is 23.2 Å². The summed E-state index contributed by atoms with van der Waals surface area (Å²) in [7, 11) is -4.62. The number of fused-ring (bicyclic) bond motifs is 5. The molecule has 7 atom stereocenters. The van der Waals surface area contributed by atoms with Crippen LogP contribution in [-0.4, -0.2) is 50.5 Å². The molecule has 204 valence electrons. The van der Waals surface area contributed by atoms with Gasteiger partial charge in [-0.05, 0) is 91.9 Å². The van der Waals surface area contributed by atoms with Crippen molar-refractivity contribution in [3.63, 3.8) is 0 Å². The number of carboxylic acids is 1. The molecule has 0 bridgehead atoms. The third kappa shape index (κ3) is 4.90. The fraction of sp³-hybridized carbons (Fsp3) is 0.704. The van der Waals surface area contributed by atoms with Crippen molar-refractivity contribution in [1.82, 2.24) is 4.90 Å². The Morgan fingerprint density at radius 1 is 1.19 bits per heavy atom. The molecule has 0 radical (unpaired) electrons. The maximum atomic E-state index is 13.0. The molecule has 1 aromatic carbocycles. The minimum Gasteiger partial charge on any atom is -0.480 e. The summed E-state index contributed by atoms with van der Waals surface area (Å²) >= 11 is 0. The molecule has 3 N–H and O–H groups in total. The summed E-state index contributed by atoms with van der Waals surface area (Å²) in [6.45, 7) is 4.87. The lowest BCUT2D eigenvalue weighted by atomic mass is 9.52. The number of hydrogen-bond acceptors (Lipinski definition) is 5. The van der Waals surface area contributed by atoms with Crippen LogP contribution in [0.1, 0.15) is 82.3 Å². The van der Waals surface area contributed by atoms with E-state index in [0.29, 0.717) is 43.1 Å². The molecule has 1 heterocycles. The van der Waals surface area contributed by atoms with E-state index in [0.717, 1.165) is 50.5 Å². The Kier molecular flexibility index (Phi) is 7.09. The Labute approximate surface area is 217 Å². The summed E-state index contributed by atoms with van der Waals surface area (Å²) in [5.74, 6) is 0.864. The molecular weight excluding hydrogens is 497 g/mol. The molecule has 0 aromatic heterocycles. The Morgan fingerprint density at radius 2 is 1.97 bits per heavy atom. The molecule has 9 nitrogen and oxygen atoms in total. The van der Waals surface area contributed by atoms with E-state index in [2.05, 4.69) is 13.8 Å². The minimum absolute atomic E-state index is 0.151. The minimum atomic E-state index is -4.62. The zero-order chi connectivity index (χ0) is 26.5. The highest BCUT2D eigenvalue weighted by atomic mass is 31.2. The van der Waals surface area contributed by atoms with E-state index < -0.39 is 25.9 Å². The van der Waals surface area contributed by atoms with Crippen molar-refractivity contribution >= 4 is 19.9 Å². The van der Waals surface area contributed by atoms with Crippen molar-refractivity contribution in [2.45, 2.75) is 89.7 Å². The molecule has 1 aliphatic heterocycles. The summed E-state index contributed by atoms with van der Waals surface area (Å²) in [6.07, 6.45) is 7.04. The summed E-state index contributed by atoms with van der Waals surface area (Å²) < 4.78 is 22.3. The number of phosphoric ester groups is 1. The molecule has 0 unspecified atom stereocenters. The Bertz CT molecular complexity index is 1100. The third-order valence-electron chi connectivity index (χ3n) is 9.69. The second-order valence-corrected chi connectivity index (χ2v) is 12.8. The van der Waals surface area contributed by atoms with Crippen molar-refractivity contribution in [2.75, 3.05) is 6.54 Å². The van der Waals surface area contributed by atoms with Gasteiger partial charge in [-0.3, -0.25) is 14.7 Å². The van der Waals surface area contributed by atoms with E-state index in [9.17, 15) is 29.0 Å². The molecule has 3 fully saturated rings. The van der Waals surface area contributed by atoms with Gasteiger partial charge in [-0.15, -0.1) is 0 Å². The number of rotatable bonds is 6. The summed E-state index contributed by atoms with van der Waals surface area (Å²) in [4.78, 5) is 44.5. The van der Waals surface area contributed by atoms with E-state index in [1.807, 2.05) is 6.07 Å². The summed E-state index contributed by atoms with van der Waals surface area (Å²) in [5, 5.41) is 9.50. The number of carboxylic acid groups (broad SMARTS) is 1. The van der Waals surface area contributed by atoms with Gasteiger partial charge in [-0.25, -0.2) is 14.2 Å². The fourth-order valence-corrected chi connectivity index (χ4v) is 8.58. The first kappa shape index (κ1) is 26.5. The number of carbonyl (C=O) groups is 2. The van der Waals surface area contributed by atoms with Gasteiger partial charge in [0.15, 0.2) is 0 Å². The van der Waals surface area contributed by atoms with Crippen molar-refractivity contribution in [3.05, 3.63) is 29.3 Å². The second-order valence-electron chi connectivity index (χ2n) is 11.7.